The molecule has 31 heavy (non-hydrogen) atoms. The van der Waals surface area contributed by atoms with Crippen LogP contribution in [0.5, 0.6) is 11.5 Å². The molecule has 0 heterocycles. The van der Waals surface area contributed by atoms with E-state index >= 15 is 0 Å². The van der Waals surface area contributed by atoms with Gasteiger partial charge in [-0.1, -0.05) is 30.3 Å². The van der Waals surface area contributed by atoms with Crippen molar-refractivity contribution in [3.8, 4) is 11.5 Å². The van der Waals surface area contributed by atoms with E-state index in [1.807, 2.05) is 49.4 Å². The molecule has 5 nitrogen and oxygen atoms in total. The summed E-state index contributed by atoms with van der Waals surface area (Å²) in [6.45, 7) is 3.05. The highest BCUT2D eigenvalue weighted by atomic mass is 79.9. The Morgan fingerprint density at radius 2 is 1.74 bits per heavy atom. The maximum absolute atomic E-state index is 12.4. The van der Waals surface area contributed by atoms with E-state index in [2.05, 4.69) is 38.7 Å². The Labute approximate surface area is 195 Å². The fourth-order valence-corrected chi connectivity index (χ4v) is 3.52. The predicted molar refractivity (Wildman–Crippen MR) is 131 cm³/mol. The van der Waals surface area contributed by atoms with Crippen molar-refractivity contribution in [2.45, 2.75) is 13.3 Å². The number of rotatable bonds is 8. The lowest BCUT2D eigenvalue weighted by atomic mass is 10.2. The zero-order valence-corrected chi connectivity index (χ0v) is 19.5. The average Bonchev–Trinajstić information content (AvgIpc) is 2.77. The topological polar surface area (TPSA) is 59.6 Å². The van der Waals surface area contributed by atoms with Gasteiger partial charge in [-0.2, -0.15) is 0 Å². The fraction of sp³-hybridized carbons (Fsp3) is 0.167. The first-order chi connectivity index (χ1) is 15.0. The fourth-order valence-electron chi connectivity index (χ4n) is 2.82. The molecule has 3 rings (SSSR count). The zero-order chi connectivity index (χ0) is 22.1. The molecule has 0 saturated heterocycles. The normalized spacial score (nSPS) is 10.3. The Bertz CT molecular complexity index is 1030. The molecule has 0 atom stereocenters. The molecule has 0 fully saturated rings. The second kappa shape index (κ2) is 11.5. The van der Waals surface area contributed by atoms with Gasteiger partial charge >= 0.3 is 0 Å². The minimum atomic E-state index is -0.304. The van der Waals surface area contributed by atoms with E-state index in [0.717, 1.165) is 17.9 Å². The van der Waals surface area contributed by atoms with Gasteiger partial charge < -0.3 is 14.8 Å². The highest BCUT2D eigenvalue weighted by Gasteiger charge is 2.11. The van der Waals surface area contributed by atoms with Gasteiger partial charge in [0.05, 0.1) is 17.7 Å². The first-order valence-corrected chi connectivity index (χ1v) is 11.1. The largest absolute Gasteiger partial charge is 0.493 e. The van der Waals surface area contributed by atoms with E-state index in [-0.39, 0.29) is 11.0 Å². The Kier molecular flexibility index (Phi) is 8.44. The van der Waals surface area contributed by atoms with E-state index in [0.29, 0.717) is 29.0 Å². The van der Waals surface area contributed by atoms with Gasteiger partial charge in [0.2, 0.25) is 0 Å². The number of benzene rings is 3. The van der Waals surface area contributed by atoms with Gasteiger partial charge in [-0.25, -0.2) is 0 Å². The van der Waals surface area contributed by atoms with Crippen LogP contribution in [0.1, 0.15) is 22.8 Å². The minimum Gasteiger partial charge on any atom is -0.493 e. The number of ether oxygens (including phenoxy) is 2. The quantitative estimate of drug-likeness (QED) is 0.396. The number of amides is 1. The van der Waals surface area contributed by atoms with Crippen LogP contribution in [0.25, 0.3) is 0 Å². The van der Waals surface area contributed by atoms with Gasteiger partial charge in [-0.3, -0.25) is 10.1 Å². The van der Waals surface area contributed by atoms with Gasteiger partial charge in [0, 0.05) is 17.7 Å². The molecule has 0 aliphatic carbocycles. The molecule has 0 bridgehead atoms. The highest BCUT2D eigenvalue weighted by molar-refractivity contribution is 9.10. The second-order valence-electron chi connectivity index (χ2n) is 6.59. The van der Waals surface area contributed by atoms with Crippen LogP contribution in [-0.4, -0.2) is 24.2 Å². The Hall–Kier alpha value is -2.90. The van der Waals surface area contributed by atoms with E-state index < -0.39 is 0 Å². The number of hydrogen-bond acceptors (Lipinski definition) is 4. The monoisotopic (exact) mass is 498 g/mol. The lowest BCUT2D eigenvalue weighted by Gasteiger charge is -2.12. The first-order valence-electron chi connectivity index (χ1n) is 9.86. The molecule has 3 aromatic rings. The summed E-state index contributed by atoms with van der Waals surface area (Å²) in [6, 6.07) is 22.8. The van der Waals surface area contributed by atoms with Crippen molar-refractivity contribution < 1.29 is 14.3 Å². The summed E-state index contributed by atoms with van der Waals surface area (Å²) >= 11 is 8.67. The summed E-state index contributed by atoms with van der Waals surface area (Å²) in [5, 5.41) is 5.90. The summed E-state index contributed by atoms with van der Waals surface area (Å²) in [4.78, 5) is 12.4. The summed E-state index contributed by atoms with van der Waals surface area (Å²) in [5.41, 5.74) is 2.47. The van der Waals surface area contributed by atoms with Crippen molar-refractivity contribution in [1.29, 1.82) is 0 Å². The molecule has 2 N–H and O–H groups in total. The molecule has 160 valence electrons. The number of hydrogen-bond donors (Lipinski definition) is 2. The first kappa shape index (κ1) is 22.8. The molecule has 0 unspecified atom stereocenters. The van der Waals surface area contributed by atoms with E-state index in [1.54, 1.807) is 18.2 Å². The maximum Gasteiger partial charge on any atom is 0.257 e. The second-order valence-corrected chi connectivity index (χ2v) is 7.86. The SMILES string of the molecule is CCOc1ccc(C(=O)NC(=S)Nc2ccc(OCCc3ccccc3)cc2)cc1Br. The Balaban J connectivity index is 1.47. The summed E-state index contributed by atoms with van der Waals surface area (Å²) in [5.74, 6) is 1.16. The number of nitrogens with one attached hydrogen (secondary N) is 2. The summed E-state index contributed by atoms with van der Waals surface area (Å²) in [6.07, 6.45) is 0.846. The van der Waals surface area contributed by atoms with Crippen LogP contribution in [0, 0.1) is 0 Å². The van der Waals surface area contributed by atoms with Gasteiger partial charge in [-0.05, 0) is 83.1 Å². The van der Waals surface area contributed by atoms with Crippen LogP contribution < -0.4 is 20.1 Å². The maximum atomic E-state index is 12.4. The van der Waals surface area contributed by atoms with Crippen LogP contribution in [0.2, 0.25) is 0 Å². The van der Waals surface area contributed by atoms with Crippen molar-refractivity contribution in [1.82, 2.24) is 5.32 Å². The Morgan fingerprint density at radius 3 is 2.42 bits per heavy atom. The van der Waals surface area contributed by atoms with E-state index in [9.17, 15) is 4.79 Å². The molecule has 0 saturated carbocycles. The molecule has 3 aromatic carbocycles. The van der Waals surface area contributed by atoms with Crippen molar-refractivity contribution in [3.05, 3.63) is 88.4 Å². The zero-order valence-electron chi connectivity index (χ0n) is 17.1. The van der Waals surface area contributed by atoms with Gasteiger partial charge in [0.15, 0.2) is 5.11 Å². The number of thiocarbonyl (C=S) groups is 1. The third-order valence-corrected chi connectivity index (χ3v) is 5.16. The van der Waals surface area contributed by atoms with Crippen LogP contribution >= 0.6 is 28.1 Å². The number of anilines is 1. The minimum absolute atomic E-state index is 0.216. The van der Waals surface area contributed by atoms with E-state index in [1.165, 1.54) is 5.56 Å². The molecule has 1 amide bonds. The third kappa shape index (κ3) is 7.08. The van der Waals surface area contributed by atoms with Crippen LogP contribution in [0.3, 0.4) is 0 Å². The number of halogens is 1. The van der Waals surface area contributed by atoms with Crippen LogP contribution in [0.15, 0.2) is 77.3 Å². The number of carbonyl (C=O) groups excluding carboxylic acids is 1. The van der Waals surface area contributed by atoms with Crippen LogP contribution in [0.4, 0.5) is 5.69 Å². The summed E-state index contributed by atoms with van der Waals surface area (Å²) < 4.78 is 12.0. The predicted octanol–water partition coefficient (Wildman–Crippen LogP) is 5.60. The Morgan fingerprint density at radius 1 is 1.00 bits per heavy atom. The lowest BCUT2D eigenvalue weighted by Crippen LogP contribution is -2.34. The van der Waals surface area contributed by atoms with E-state index in [4.69, 9.17) is 21.7 Å². The molecule has 7 heteroatoms. The third-order valence-electron chi connectivity index (χ3n) is 4.34. The molecular weight excluding hydrogens is 476 g/mol. The molecule has 0 spiro atoms. The van der Waals surface area contributed by atoms with Gasteiger partial charge in [0.1, 0.15) is 11.5 Å². The smallest absolute Gasteiger partial charge is 0.257 e. The van der Waals surface area contributed by atoms with Crippen molar-refractivity contribution >= 4 is 44.9 Å². The molecule has 0 aromatic heterocycles. The van der Waals surface area contributed by atoms with Crippen molar-refractivity contribution in [2.24, 2.45) is 0 Å². The standard InChI is InChI=1S/C24H23BrN2O3S/c1-2-29-22-13-8-18(16-21(22)25)23(28)27-24(31)26-19-9-11-20(12-10-19)30-15-14-17-6-4-3-5-7-17/h3-13,16H,2,14-15H2,1H3,(H2,26,27,28,31). The summed E-state index contributed by atoms with van der Waals surface area (Å²) in [7, 11) is 0. The molecular formula is C24H23BrN2O3S. The van der Waals surface area contributed by atoms with Gasteiger partial charge in [-0.15, -0.1) is 0 Å². The molecule has 0 radical (unpaired) electrons. The number of carbonyl (C=O) groups is 1. The highest BCUT2D eigenvalue weighted by Crippen LogP contribution is 2.26. The average molecular weight is 499 g/mol. The van der Waals surface area contributed by atoms with Crippen molar-refractivity contribution in [2.75, 3.05) is 18.5 Å². The molecule has 0 aliphatic rings. The lowest BCUT2D eigenvalue weighted by molar-refractivity contribution is 0.0977. The van der Waals surface area contributed by atoms with Gasteiger partial charge in [0.25, 0.3) is 5.91 Å². The molecule has 0 aliphatic heterocycles. The van der Waals surface area contributed by atoms with Crippen molar-refractivity contribution in [3.63, 3.8) is 0 Å². The van der Waals surface area contributed by atoms with Crippen LogP contribution in [-0.2, 0) is 6.42 Å².